The molecule has 0 fully saturated rings. The average molecular weight is 270 g/mol. The molecule has 2 aromatic heterocycles. The Hall–Kier alpha value is -2.14. The normalized spacial score (nSPS) is 11.0. The maximum Gasteiger partial charge on any atom is 0.135 e. The summed E-state index contributed by atoms with van der Waals surface area (Å²) in [6, 6.07) is 7.91. The molecule has 5 heteroatoms. The summed E-state index contributed by atoms with van der Waals surface area (Å²) in [5.41, 5.74) is 14.9. The molecule has 0 atom stereocenters. The minimum Gasteiger partial charge on any atom is -0.399 e. The van der Waals surface area contributed by atoms with Gasteiger partial charge >= 0.3 is 0 Å². The van der Waals surface area contributed by atoms with E-state index >= 15 is 0 Å². The molecule has 0 amide bonds. The van der Waals surface area contributed by atoms with Gasteiger partial charge in [-0.05, 0) is 36.6 Å². The van der Waals surface area contributed by atoms with Crippen molar-refractivity contribution >= 4 is 33.1 Å². The number of hydrogen-bond donors (Lipinski definition) is 2. The predicted octanol–water partition coefficient (Wildman–Crippen LogP) is 2.75. The van der Waals surface area contributed by atoms with Gasteiger partial charge in [0.2, 0.25) is 0 Å². The molecule has 0 unspecified atom stereocenters. The van der Waals surface area contributed by atoms with Crippen LogP contribution in [0.2, 0.25) is 0 Å². The number of anilines is 2. The number of benzene rings is 1. The standard InChI is InChI=1S/C14H14N4S/c1-8-11(6-9-2-4-10(15)5-3-9)12-13(16)17-7-18-14(12)19-8/h2-5,7H,6,15H2,1H3,(H2,16,17,18). The number of thiophene rings is 1. The molecule has 0 aliphatic carbocycles. The molecule has 0 saturated heterocycles. The van der Waals surface area contributed by atoms with E-state index < -0.39 is 0 Å². The van der Waals surface area contributed by atoms with Crippen LogP contribution in [0.15, 0.2) is 30.6 Å². The van der Waals surface area contributed by atoms with Gasteiger partial charge in [-0.1, -0.05) is 12.1 Å². The highest BCUT2D eigenvalue weighted by Gasteiger charge is 2.13. The van der Waals surface area contributed by atoms with E-state index in [0.29, 0.717) is 5.82 Å². The lowest BCUT2D eigenvalue weighted by Gasteiger charge is -2.04. The summed E-state index contributed by atoms with van der Waals surface area (Å²) < 4.78 is 0. The average Bonchev–Trinajstić information content (AvgIpc) is 2.70. The molecule has 3 aromatic rings. The highest BCUT2D eigenvalue weighted by molar-refractivity contribution is 7.18. The molecule has 0 aliphatic rings. The summed E-state index contributed by atoms with van der Waals surface area (Å²) in [4.78, 5) is 10.6. The van der Waals surface area contributed by atoms with Crippen molar-refractivity contribution in [2.75, 3.05) is 11.5 Å². The highest BCUT2D eigenvalue weighted by atomic mass is 32.1. The lowest BCUT2D eigenvalue weighted by Crippen LogP contribution is -1.95. The van der Waals surface area contributed by atoms with Gasteiger partial charge in [0.05, 0.1) is 5.39 Å². The van der Waals surface area contributed by atoms with Gasteiger partial charge in [0.1, 0.15) is 17.0 Å². The maximum absolute atomic E-state index is 5.98. The monoisotopic (exact) mass is 270 g/mol. The van der Waals surface area contributed by atoms with Gasteiger partial charge < -0.3 is 11.5 Å². The zero-order valence-corrected chi connectivity index (χ0v) is 11.4. The topological polar surface area (TPSA) is 77.8 Å². The van der Waals surface area contributed by atoms with Crippen LogP contribution in [0.3, 0.4) is 0 Å². The lowest BCUT2D eigenvalue weighted by atomic mass is 10.0. The van der Waals surface area contributed by atoms with E-state index in [0.717, 1.165) is 22.3 Å². The second kappa shape index (κ2) is 4.51. The summed E-state index contributed by atoms with van der Waals surface area (Å²) in [6.45, 7) is 2.10. The first-order valence-corrected chi connectivity index (χ1v) is 6.79. The Bertz CT molecular complexity index is 731. The third kappa shape index (κ3) is 2.13. The predicted molar refractivity (Wildman–Crippen MR) is 80.2 cm³/mol. The molecule has 0 saturated carbocycles. The molecule has 3 rings (SSSR count). The quantitative estimate of drug-likeness (QED) is 0.702. The summed E-state index contributed by atoms with van der Waals surface area (Å²) in [5.74, 6) is 0.555. The Morgan fingerprint density at radius 2 is 1.84 bits per heavy atom. The second-order valence-corrected chi connectivity index (χ2v) is 5.70. The van der Waals surface area contributed by atoms with Gasteiger partial charge in [0, 0.05) is 10.6 Å². The SMILES string of the molecule is Cc1sc2ncnc(N)c2c1Cc1ccc(N)cc1. The van der Waals surface area contributed by atoms with Crippen molar-refractivity contribution in [2.24, 2.45) is 0 Å². The third-order valence-electron chi connectivity index (χ3n) is 3.18. The third-order valence-corrected chi connectivity index (χ3v) is 4.23. The minimum atomic E-state index is 0.555. The molecule has 4 N–H and O–H groups in total. The van der Waals surface area contributed by atoms with Crippen LogP contribution in [0.4, 0.5) is 11.5 Å². The molecule has 0 bridgehead atoms. The maximum atomic E-state index is 5.98. The second-order valence-electron chi connectivity index (χ2n) is 4.49. The Morgan fingerprint density at radius 3 is 2.58 bits per heavy atom. The Labute approximate surface area is 115 Å². The molecule has 0 spiro atoms. The molecule has 19 heavy (non-hydrogen) atoms. The lowest BCUT2D eigenvalue weighted by molar-refractivity contribution is 1.19. The van der Waals surface area contributed by atoms with Gasteiger partial charge in [-0.2, -0.15) is 0 Å². The number of aryl methyl sites for hydroxylation is 1. The molecule has 1 aromatic carbocycles. The van der Waals surface area contributed by atoms with Crippen molar-refractivity contribution in [3.8, 4) is 0 Å². The fourth-order valence-electron chi connectivity index (χ4n) is 2.18. The highest BCUT2D eigenvalue weighted by Crippen LogP contribution is 2.33. The first-order valence-electron chi connectivity index (χ1n) is 5.98. The number of nitrogen functional groups attached to an aromatic ring is 2. The number of rotatable bonds is 2. The van der Waals surface area contributed by atoms with Crippen molar-refractivity contribution in [1.29, 1.82) is 0 Å². The molecular weight excluding hydrogens is 256 g/mol. The molecular formula is C14H14N4S. The van der Waals surface area contributed by atoms with Crippen LogP contribution in [-0.2, 0) is 6.42 Å². The van der Waals surface area contributed by atoms with Gasteiger partial charge in [-0.15, -0.1) is 11.3 Å². The van der Waals surface area contributed by atoms with E-state index in [-0.39, 0.29) is 0 Å². The van der Waals surface area contributed by atoms with Gasteiger partial charge in [0.15, 0.2) is 0 Å². The fraction of sp³-hybridized carbons (Fsp3) is 0.143. The van der Waals surface area contributed by atoms with Crippen LogP contribution in [0.25, 0.3) is 10.2 Å². The summed E-state index contributed by atoms with van der Waals surface area (Å²) >= 11 is 1.66. The molecule has 96 valence electrons. The zero-order chi connectivity index (χ0) is 13.4. The van der Waals surface area contributed by atoms with Crippen molar-refractivity contribution in [2.45, 2.75) is 13.3 Å². The van der Waals surface area contributed by atoms with Crippen LogP contribution in [0, 0.1) is 6.92 Å². The molecule has 2 heterocycles. The van der Waals surface area contributed by atoms with Crippen molar-refractivity contribution in [1.82, 2.24) is 9.97 Å². The number of hydrogen-bond acceptors (Lipinski definition) is 5. The first-order chi connectivity index (χ1) is 9.15. The van der Waals surface area contributed by atoms with Crippen LogP contribution < -0.4 is 11.5 Å². The summed E-state index contributed by atoms with van der Waals surface area (Å²) in [7, 11) is 0. The van der Waals surface area contributed by atoms with E-state index in [1.54, 1.807) is 11.3 Å². The van der Waals surface area contributed by atoms with Crippen molar-refractivity contribution in [3.63, 3.8) is 0 Å². The van der Waals surface area contributed by atoms with Crippen molar-refractivity contribution in [3.05, 3.63) is 46.6 Å². The molecule has 0 radical (unpaired) electrons. The Balaban J connectivity index is 2.09. The van der Waals surface area contributed by atoms with E-state index in [2.05, 4.69) is 16.9 Å². The summed E-state index contributed by atoms with van der Waals surface area (Å²) in [5, 5.41) is 0.988. The zero-order valence-electron chi connectivity index (χ0n) is 10.6. The van der Waals surface area contributed by atoms with Gasteiger partial charge in [0.25, 0.3) is 0 Å². The van der Waals surface area contributed by atoms with Crippen LogP contribution >= 0.6 is 11.3 Å². The van der Waals surface area contributed by atoms with E-state index in [4.69, 9.17) is 11.5 Å². The summed E-state index contributed by atoms with van der Waals surface area (Å²) in [6.07, 6.45) is 2.34. The van der Waals surface area contributed by atoms with E-state index in [1.807, 2.05) is 24.3 Å². The van der Waals surface area contributed by atoms with E-state index in [9.17, 15) is 0 Å². The van der Waals surface area contributed by atoms with E-state index in [1.165, 1.54) is 22.3 Å². The van der Waals surface area contributed by atoms with Crippen LogP contribution in [0.1, 0.15) is 16.0 Å². The number of fused-ring (bicyclic) bond motifs is 1. The minimum absolute atomic E-state index is 0.555. The van der Waals surface area contributed by atoms with Crippen molar-refractivity contribution < 1.29 is 0 Å². The molecule has 4 nitrogen and oxygen atoms in total. The fourth-order valence-corrected chi connectivity index (χ4v) is 3.20. The van der Waals surface area contributed by atoms with Gasteiger partial charge in [-0.3, -0.25) is 0 Å². The van der Waals surface area contributed by atoms with Crippen LogP contribution in [-0.4, -0.2) is 9.97 Å². The first kappa shape index (κ1) is 11.9. The Kier molecular flexibility index (Phi) is 2.83. The largest absolute Gasteiger partial charge is 0.399 e. The van der Waals surface area contributed by atoms with Gasteiger partial charge in [-0.25, -0.2) is 9.97 Å². The number of aromatic nitrogens is 2. The Morgan fingerprint density at radius 1 is 1.11 bits per heavy atom. The molecule has 0 aliphatic heterocycles. The van der Waals surface area contributed by atoms with Crippen LogP contribution in [0.5, 0.6) is 0 Å². The number of nitrogens with zero attached hydrogens (tertiary/aromatic N) is 2. The smallest absolute Gasteiger partial charge is 0.135 e. The number of nitrogens with two attached hydrogens (primary N) is 2.